The van der Waals surface area contributed by atoms with Gasteiger partial charge in [-0.3, -0.25) is 4.79 Å². The molecule has 0 unspecified atom stereocenters. The van der Waals surface area contributed by atoms with Gasteiger partial charge in [-0.05, 0) is 24.8 Å². The molecule has 0 bridgehead atoms. The number of ether oxygens (including phenoxy) is 1. The van der Waals surface area contributed by atoms with Crippen molar-refractivity contribution in [2.75, 3.05) is 11.9 Å². The van der Waals surface area contributed by atoms with Crippen LogP contribution in [0.5, 0.6) is 0 Å². The predicted molar refractivity (Wildman–Crippen MR) is 110 cm³/mol. The quantitative estimate of drug-likeness (QED) is 0.605. The Hall–Kier alpha value is -2.14. The van der Waals surface area contributed by atoms with Crippen molar-refractivity contribution in [2.45, 2.75) is 51.9 Å². The van der Waals surface area contributed by atoms with E-state index in [1.54, 1.807) is 6.92 Å². The van der Waals surface area contributed by atoms with Crippen LogP contribution in [0.1, 0.15) is 62.2 Å². The van der Waals surface area contributed by atoms with Crippen molar-refractivity contribution in [3.63, 3.8) is 0 Å². The van der Waals surface area contributed by atoms with Crippen LogP contribution in [0.3, 0.4) is 0 Å². The molecule has 1 saturated carbocycles. The summed E-state index contributed by atoms with van der Waals surface area (Å²) in [5.41, 5.74) is 2.21. The standard InChI is InChI=1S/C22H27NO3S/c1-2-26-22(25)20-18(17-11-7-4-8-12-17)15-27-21(20)23-19(24)14-13-16-9-5-3-6-10-16/h4,7-8,11-12,15-16H,2-3,5-6,9-10,13-14H2,1H3,(H,23,24). The number of rotatable bonds is 7. The Morgan fingerprint density at radius 3 is 2.59 bits per heavy atom. The topological polar surface area (TPSA) is 55.4 Å². The van der Waals surface area contributed by atoms with Gasteiger partial charge in [0.2, 0.25) is 5.91 Å². The number of thiophene rings is 1. The average molecular weight is 386 g/mol. The maximum atomic E-state index is 12.5. The van der Waals surface area contributed by atoms with Crippen molar-refractivity contribution in [3.8, 4) is 11.1 Å². The first kappa shape index (κ1) is 19.6. The average Bonchev–Trinajstić information content (AvgIpc) is 3.11. The predicted octanol–water partition coefficient (Wildman–Crippen LogP) is 5.89. The van der Waals surface area contributed by atoms with E-state index < -0.39 is 0 Å². The molecule has 1 heterocycles. The number of benzene rings is 1. The molecular formula is C22H27NO3S. The minimum absolute atomic E-state index is 0.0208. The Bertz CT molecular complexity index is 763. The summed E-state index contributed by atoms with van der Waals surface area (Å²) in [5, 5.41) is 5.46. The highest BCUT2D eigenvalue weighted by Gasteiger charge is 2.23. The van der Waals surface area contributed by atoms with E-state index in [1.807, 2.05) is 35.7 Å². The van der Waals surface area contributed by atoms with Crippen LogP contribution >= 0.6 is 11.3 Å². The van der Waals surface area contributed by atoms with Gasteiger partial charge in [0.15, 0.2) is 0 Å². The molecule has 144 valence electrons. The van der Waals surface area contributed by atoms with Gasteiger partial charge < -0.3 is 10.1 Å². The second kappa shape index (κ2) is 9.70. The smallest absolute Gasteiger partial charge is 0.341 e. The normalized spacial score (nSPS) is 14.7. The van der Waals surface area contributed by atoms with Gasteiger partial charge in [0.1, 0.15) is 10.6 Å². The van der Waals surface area contributed by atoms with Crippen LogP contribution in [0, 0.1) is 5.92 Å². The molecule has 1 aromatic heterocycles. The van der Waals surface area contributed by atoms with Gasteiger partial charge in [-0.25, -0.2) is 4.79 Å². The molecule has 0 atom stereocenters. The van der Waals surface area contributed by atoms with Crippen molar-refractivity contribution < 1.29 is 14.3 Å². The number of esters is 1. The van der Waals surface area contributed by atoms with Crippen LogP contribution in [0.2, 0.25) is 0 Å². The van der Waals surface area contributed by atoms with E-state index in [1.165, 1.54) is 43.4 Å². The summed E-state index contributed by atoms with van der Waals surface area (Å²) in [6.45, 7) is 2.09. The molecule has 0 spiro atoms. The lowest BCUT2D eigenvalue weighted by atomic mass is 9.86. The van der Waals surface area contributed by atoms with Gasteiger partial charge >= 0.3 is 5.97 Å². The zero-order valence-electron chi connectivity index (χ0n) is 15.8. The summed E-state index contributed by atoms with van der Waals surface area (Å²) >= 11 is 1.38. The molecule has 5 heteroatoms. The van der Waals surface area contributed by atoms with E-state index in [4.69, 9.17) is 4.74 Å². The molecule has 3 rings (SSSR count). The third-order valence-corrected chi connectivity index (χ3v) is 6.01. The number of hydrogen-bond donors (Lipinski definition) is 1. The second-order valence-electron chi connectivity index (χ2n) is 7.03. The molecule has 0 radical (unpaired) electrons. The van der Waals surface area contributed by atoms with Crippen LogP contribution in [0.4, 0.5) is 5.00 Å². The van der Waals surface area contributed by atoms with Gasteiger partial charge in [-0.1, -0.05) is 62.4 Å². The van der Waals surface area contributed by atoms with Crippen molar-refractivity contribution in [3.05, 3.63) is 41.3 Å². The first-order chi connectivity index (χ1) is 13.2. The summed E-state index contributed by atoms with van der Waals surface area (Å²) in [4.78, 5) is 25.0. The van der Waals surface area contributed by atoms with Gasteiger partial charge in [-0.2, -0.15) is 0 Å². The molecule has 1 fully saturated rings. The first-order valence-electron chi connectivity index (χ1n) is 9.83. The molecule has 1 aromatic carbocycles. The Morgan fingerprint density at radius 1 is 1.15 bits per heavy atom. The number of anilines is 1. The van der Waals surface area contributed by atoms with E-state index in [2.05, 4.69) is 5.32 Å². The van der Waals surface area contributed by atoms with E-state index in [0.29, 0.717) is 29.5 Å². The number of hydrogen-bond acceptors (Lipinski definition) is 4. The Labute approximate surface area is 164 Å². The number of nitrogens with one attached hydrogen (secondary N) is 1. The third kappa shape index (κ3) is 5.19. The van der Waals surface area contributed by atoms with Gasteiger partial charge in [0, 0.05) is 17.4 Å². The minimum Gasteiger partial charge on any atom is -0.462 e. The molecule has 27 heavy (non-hydrogen) atoms. The van der Waals surface area contributed by atoms with E-state index in [9.17, 15) is 9.59 Å². The Balaban J connectivity index is 1.73. The van der Waals surface area contributed by atoms with Crippen molar-refractivity contribution in [1.82, 2.24) is 0 Å². The lowest BCUT2D eigenvalue weighted by molar-refractivity contribution is -0.116. The van der Waals surface area contributed by atoms with Gasteiger partial charge in [0.05, 0.1) is 6.61 Å². The number of carbonyl (C=O) groups is 2. The van der Waals surface area contributed by atoms with Crippen molar-refractivity contribution >= 4 is 28.2 Å². The fourth-order valence-electron chi connectivity index (χ4n) is 3.69. The molecular weight excluding hydrogens is 358 g/mol. The van der Waals surface area contributed by atoms with E-state index in [0.717, 1.165) is 17.5 Å². The summed E-state index contributed by atoms with van der Waals surface area (Å²) in [6, 6.07) is 9.72. The summed E-state index contributed by atoms with van der Waals surface area (Å²) in [7, 11) is 0. The van der Waals surface area contributed by atoms with Crippen molar-refractivity contribution in [2.24, 2.45) is 5.92 Å². The monoisotopic (exact) mass is 385 g/mol. The SMILES string of the molecule is CCOC(=O)c1c(-c2ccccc2)csc1NC(=O)CCC1CCCCC1. The Morgan fingerprint density at radius 2 is 1.89 bits per heavy atom. The third-order valence-electron chi connectivity index (χ3n) is 5.11. The van der Waals surface area contributed by atoms with Crippen LogP contribution < -0.4 is 5.32 Å². The van der Waals surface area contributed by atoms with Crippen LogP contribution in [-0.2, 0) is 9.53 Å². The molecule has 1 amide bonds. The molecule has 1 aliphatic rings. The highest BCUT2D eigenvalue weighted by molar-refractivity contribution is 7.15. The van der Waals surface area contributed by atoms with Crippen LogP contribution in [0.25, 0.3) is 11.1 Å². The summed E-state index contributed by atoms with van der Waals surface area (Å²) < 4.78 is 5.24. The van der Waals surface area contributed by atoms with Gasteiger partial charge in [0.25, 0.3) is 0 Å². The number of amides is 1. The summed E-state index contributed by atoms with van der Waals surface area (Å²) in [5.74, 6) is 0.255. The second-order valence-corrected chi connectivity index (χ2v) is 7.91. The lowest BCUT2D eigenvalue weighted by Gasteiger charge is -2.20. The molecule has 4 nitrogen and oxygen atoms in total. The molecule has 0 aliphatic heterocycles. The zero-order valence-corrected chi connectivity index (χ0v) is 16.6. The molecule has 0 saturated heterocycles. The van der Waals surface area contributed by atoms with Gasteiger partial charge in [-0.15, -0.1) is 11.3 Å². The fraction of sp³-hybridized carbons (Fsp3) is 0.455. The largest absolute Gasteiger partial charge is 0.462 e. The lowest BCUT2D eigenvalue weighted by Crippen LogP contribution is -2.16. The first-order valence-corrected chi connectivity index (χ1v) is 10.7. The highest BCUT2D eigenvalue weighted by atomic mass is 32.1. The summed E-state index contributed by atoms with van der Waals surface area (Å²) in [6.07, 6.45) is 7.79. The molecule has 2 aromatic rings. The molecule has 1 N–H and O–H groups in total. The number of carbonyl (C=O) groups excluding carboxylic acids is 2. The fourth-order valence-corrected chi connectivity index (χ4v) is 4.66. The minimum atomic E-state index is -0.389. The maximum absolute atomic E-state index is 12.5. The van der Waals surface area contributed by atoms with Crippen LogP contribution in [-0.4, -0.2) is 18.5 Å². The highest BCUT2D eigenvalue weighted by Crippen LogP contribution is 2.36. The van der Waals surface area contributed by atoms with Crippen molar-refractivity contribution in [1.29, 1.82) is 0 Å². The molecule has 1 aliphatic carbocycles. The Kier molecular flexibility index (Phi) is 7.04. The zero-order chi connectivity index (χ0) is 19.1. The van der Waals surface area contributed by atoms with Crippen LogP contribution in [0.15, 0.2) is 35.7 Å². The van der Waals surface area contributed by atoms with E-state index >= 15 is 0 Å². The van der Waals surface area contributed by atoms with E-state index in [-0.39, 0.29) is 11.9 Å². The maximum Gasteiger partial charge on any atom is 0.341 e.